The molecule has 2 unspecified atom stereocenters. The zero-order chi connectivity index (χ0) is 14.8. The molecule has 2 heterocycles. The number of aromatic nitrogens is 2. The average molecular weight is 289 g/mol. The van der Waals surface area contributed by atoms with Crippen LogP contribution < -0.4 is 16.4 Å². The van der Waals surface area contributed by atoms with Crippen molar-refractivity contribution in [2.24, 2.45) is 0 Å². The Morgan fingerprint density at radius 3 is 2.71 bits per heavy atom. The van der Waals surface area contributed by atoms with E-state index in [9.17, 15) is 9.59 Å². The maximum absolute atomic E-state index is 11.5. The average Bonchev–Trinajstić information content (AvgIpc) is 2.99. The highest BCUT2D eigenvalue weighted by Gasteiger charge is 2.26. The molecule has 0 aliphatic carbocycles. The molecule has 1 aliphatic rings. The summed E-state index contributed by atoms with van der Waals surface area (Å²) < 4.78 is 5.78. The van der Waals surface area contributed by atoms with Crippen LogP contribution in [0.1, 0.15) is 31.4 Å². The normalized spacial score (nSPS) is 20.0. The maximum Gasteiger partial charge on any atom is 0.314 e. The Bertz CT molecular complexity index is 744. The van der Waals surface area contributed by atoms with Crippen molar-refractivity contribution >= 4 is 11.0 Å². The van der Waals surface area contributed by atoms with E-state index < -0.39 is 11.1 Å². The number of fused-ring (bicyclic) bond motifs is 1. The van der Waals surface area contributed by atoms with Crippen molar-refractivity contribution in [2.45, 2.75) is 31.9 Å². The van der Waals surface area contributed by atoms with Crippen molar-refractivity contribution in [1.29, 1.82) is 0 Å². The quantitative estimate of drug-likeness (QED) is 0.734. The lowest BCUT2D eigenvalue weighted by Crippen LogP contribution is -2.32. The number of aromatic amines is 2. The molecule has 0 radical (unpaired) electrons. The molecule has 112 valence electrons. The molecule has 1 aliphatic heterocycles. The first-order valence-electron chi connectivity index (χ1n) is 7.30. The molecule has 21 heavy (non-hydrogen) atoms. The predicted octanol–water partition coefficient (Wildman–Crippen LogP) is 1.05. The number of nitrogens with one attached hydrogen (secondary N) is 3. The molecule has 3 N–H and O–H groups in total. The number of ether oxygens (including phenoxy) is 1. The minimum atomic E-state index is -0.628. The van der Waals surface area contributed by atoms with Crippen LogP contribution in [0.15, 0.2) is 27.8 Å². The molecule has 0 saturated carbocycles. The smallest absolute Gasteiger partial charge is 0.314 e. The number of H-pyrrole nitrogens is 2. The van der Waals surface area contributed by atoms with Gasteiger partial charge in [0.25, 0.3) is 0 Å². The minimum absolute atomic E-state index is 0.0948. The monoisotopic (exact) mass is 289 g/mol. The van der Waals surface area contributed by atoms with Crippen LogP contribution in [-0.4, -0.2) is 29.2 Å². The number of hydrogen-bond acceptors (Lipinski definition) is 4. The summed E-state index contributed by atoms with van der Waals surface area (Å²) >= 11 is 0. The van der Waals surface area contributed by atoms with E-state index in [2.05, 4.69) is 22.2 Å². The van der Waals surface area contributed by atoms with Gasteiger partial charge in [0, 0.05) is 6.61 Å². The fourth-order valence-electron chi connectivity index (χ4n) is 2.88. The van der Waals surface area contributed by atoms with Crippen LogP contribution in [0.3, 0.4) is 0 Å². The highest BCUT2D eigenvalue weighted by Crippen LogP contribution is 2.27. The Morgan fingerprint density at radius 2 is 2.05 bits per heavy atom. The van der Waals surface area contributed by atoms with E-state index in [1.807, 2.05) is 18.2 Å². The molecule has 2 atom stereocenters. The van der Waals surface area contributed by atoms with Gasteiger partial charge in [0.2, 0.25) is 0 Å². The lowest BCUT2D eigenvalue weighted by Gasteiger charge is -2.24. The second kappa shape index (κ2) is 5.83. The van der Waals surface area contributed by atoms with Gasteiger partial charge in [0.05, 0.1) is 23.2 Å². The number of benzene rings is 1. The first-order chi connectivity index (χ1) is 10.2. The fraction of sp³-hybridized carbons (Fsp3) is 0.467. The van der Waals surface area contributed by atoms with E-state index in [4.69, 9.17) is 4.74 Å². The lowest BCUT2D eigenvalue weighted by atomic mass is 9.98. The first-order valence-corrected chi connectivity index (χ1v) is 7.30. The lowest BCUT2D eigenvalue weighted by molar-refractivity contribution is 0.0788. The molecule has 1 saturated heterocycles. The SMILES string of the molecule is CCNC(c1ccc2[nH]c(=O)c(=O)[nH]c2c1)C1CCCO1. The van der Waals surface area contributed by atoms with E-state index in [1.54, 1.807) is 0 Å². The summed E-state index contributed by atoms with van der Waals surface area (Å²) in [4.78, 5) is 28.0. The van der Waals surface area contributed by atoms with Crippen molar-refractivity contribution in [3.8, 4) is 0 Å². The maximum atomic E-state index is 11.5. The number of rotatable bonds is 4. The highest BCUT2D eigenvalue weighted by atomic mass is 16.5. The van der Waals surface area contributed by atoms with Gasteiger partial charge in [-0.3, -0.25) is 9.59 Å². The topological polar surface area (TPSA) is 87.0 Å². The van der Waals surface area contributed by atoms with Crippen molar-refractivity contribution in [2.75, 3.05) is 13.2 Å². The summed E-state index contributed by atoms with van der Waals surface area (Å²) in [6, 6.07) is 5.78. The molecular weight excluding hydrogens is 270 g/mol. The summed E-state index contributed by atoms with van der Waals surface area (Å²) in [6.45, 7) is 3.69. The molecule has 0 amide bonds. The van der Waals surface area contributed by atoms with Gasteiger partial charge in [0.15, 0.2) is 0 Å². The molecule has 1 aromatic heterocycles. The molecule has 6 nitrogen and oxygen atoms in total. The van der Waals surface area contributed by atoms with Crippen LogP contribution in [0.5, 0.6) is 0 Å². The van der Waals surface area contributed by atoms with Gasteiger partial charge in [-0.25, -0.2) is 0 Å². The molecule has 3 rings (SSSR count). The molecular formula is C15H19N3O3. The Balaban J connectivity index is 2.03. The first kappa shape index (κ1) is 14.0. The third kappa shape index (κ3) is 2.77. The van der Waals surface area contributed by atoms with Gasteiger partial charge in [0.1, 0.15) is 0 Å². The Hall–Kier alpha value is -1.92. The van der Waals surface area contributed by atoms with E-state index in [1.165, 1.54) is 0 Å². The molecule has 0 bridgehead atoms. The van der Waals surface area contributed by atoms with Gasteiger partial charge in [-0.05, 0) is 37.1 Å². The van der Waals surface area contributed by atoms with Crippen LogP contribution in [-0.2, 0) is 4.74 Å². The summed E-state index contributed by atoms with van der Waals surface area (Å²) in [5, 5.41) is 3.44. The Kier molecular flexibility index (Phi) is 3.90. The third-order valence-electron chi connectivity index (χ3n) is 3.87. The number of likely N-dealkylation sites (N-methyl/N-ethyl adjacent to an activating group) is 1. The molecule has 2 aromatic rings. The molecule has 6 heteroatoms. The largest absolute Gasteiger partial charge is 0.376 e. The van der Waals surface area contributed by atoms with Gasteiger partial charge < -0.3 is 20.0 Å². The summed E-state index contributed by atoms with van der Waals surface area (Å²) in [6.07, 6.45) is 2.25. The molecule has 1 aromatic carbocycles. The van der Waals surface area contributed by atoms with Crippen LogP contribution in [0.2, 0.25) is 0 Å². The van der Waals surface area contributed by atoms with Crippen LogP contribution >= 0.6 is 0 Å². The Morgan fingerprint density at radius 1 is 1.29 bits per heavy atom. The van der Waals surface area contributed by atoms with Gasteiger partial charge >= 0.3 is 11.1 Å². The van der Waals surface area contributed by atoms with Gasteiger partial charge in [-0.15, -0.1) is 0 Å². The van der Waals surface area contributed by atoms with Gasteiger partial charge in [-0.2, -0.15) is 0 Å². The molecule has 1 fully saturated rings. The summed E-state index contributed by atoms with van der Waals surface area (Å²) in [7, 11) is 0. The molecule has 0 spiro atoms. The van der Waals surface area contributed by atoms with Crippen molar-refractivity contribution < 1.29 is 4.74 Å². The zero-order valence-electron chi connectivity index (χ0n) is 11.9. The second-order valence-electron chi connectivity index (χ2n) is 5.30. The van der Waals surface area contributed by atoms with Gasteiger partial charge in [-0.1, -0.05) is 13.0 Å². The predicted molar refractivity (Wildman–Crippen MR) is 80.6 cm³/mol. The Labute approximate surface area is 121 Å². The number of hydrogen-bond donors (Lipinski definition) is 3. The summed E-state index contributed by atoms with van der Waals surface area (Å²) in [5.41, 5.74) is 1.07. The highest BCUT2D eigenvalue weighted by molar-refractivity contribution is 5.74. The van der Waals surface area contributed by atoms with Crippen LogP contribution in [0.4, 0.5) is 0 Å². The van der Waals surface area contributed by atoms with E-state index in [0.717, 1.165) is 31.6 Å². The van der Waals surface area contributed by atoms with E-state index >= 15 is 0 Å². The fourth-order valence-corrected chi connectivity index (χ4v) is 2.88. The van der Waals surface area contributed by atoms with E-state index in [0.29, 0.717) is 11.0 Å². The van der Waals surface area contributed by atoms with Crippen molar-refractivity contribution in [3.63, 3.8) is 0 Å². The van der Waals surface area contributed by atoms with Crippen LogP contribution in [0.25, 0.3) is 11.0 Å². The second-order valence-corrected chi connectivity index (χ2v) is 5.30. The third-order valence-corrected chi connectivity index (χ3v) is 3.87. The standard InChI is InChI=1S/C15H19N3O3/c1-2-16-13(12-4-3-7-21-12)9-5-6-10-11(8-9)18-15(20)14(19)17-10/h5-6,8,12-13,16H,2-4,7H2,1H3,(H,17,19)(H,18,20). The van der Waals surface area contributed by atoms with Crippen molar-refractivity contribution in [1.82, 2.24) is 15.3 Å². The minimum Gasteiger partial charge on any atom is -0.376 e. The van der Waals surface area contributed by atoms with Crippen LogP contribution in [0, 0.1) is 0 Å². The zero-order valence-corrected chi connectivity index (χ0v) is 11.9. The van der Waals surface area contributed by atoms with E-state index in [-0.39, 0.29) is 12.1 Å². The van der Waals surface area contributed by atoms with Crippen molar-refractivity contribution in [3.05, 3.63) is 44.5 Å². The summed E-state index contributed by atoms with van der Waals surface area (Å²) in [5.74, 6) is 0.